The molecule has 0 saturated carbocycles. The lowest BCUT2D eigenvalue weighted by molar-refractivity contribution is 0.602. The summed E-state index contributed by atoms with van der Waals surface area (Å²) in [4.78, 5) is 6.93. The molecule has 2 heterocycles. The highest BCUT2D eigenvalue weighted by Crippen LogP contribution is 2.26. The van der Waals surface area contributed by atoms with Gasteiger partial charge in [-0.1, -0.05) is 23.2 Å². The van der Waals surface area contributed by atoms with Crippen LogP contribution in [0.3, 0.4) is 0 Å². The van der Waals surface area contributed by atoms with E-state index in [2.05, 4.69) is 14.7 Å². The molecule has 3 aromatic rings. The quantitative estimate of drug-likeness (QED) is 0.763. The van der Waals surface area contributed by atoms with Crippen LogP contribution in [0.1, 0.15) is 0 Å². The van der Waals surface area contributed by atoms with Gasteiger partial charge in [0.1, 0.15) is 10.7 Å². The SMILES string of the molecule is O=S(=O)(Nc1ccc(Cl)cn1)c1c[nH]c2cc(Cl)ccc12. The Bertz CT molecular complexity index is 905. The summed E-state index contributed by atoms with van der Waals surface area (Å²) in [5.41, 5.74) is 0.645. The number of sulfonamides is 1. The van der Waals surface area contributed by atoms with E-state index in [1.807, 2.05) is 0 Å². The molecule has 5 nitrogen and oxygen atoms in total. The third-order valence-electron chi connectivity index (χ3n) is 2.86. The number of aromatic amines is 1. The lowest BCUT2D eigenvalue weighted by Crippen LogP contribution is -2.13. The van der Waals surface area contributed by atoms with Crippen LogP contribution in [0, 0.1) is 0 Å². The van der Waals surface area contributed by atoms with Crippen LogP contribution in [0.5, 0.6) is 0 Å². The Labute approximate surface area is 131 Å². The lowest BCUT2D eigenvalue weighted by atomic mass is 10.2. The molecule has 8 heteroatoms. The molecule has 0 spiro atoms. The second-order valence-corrected chi connectivity index (χ2v) is 6.83. The summed E-state index contributed by atoms with van der Waals surface area (Å²) in [5.74, 6) is 0.197. The molecule has 0 fully saturated rings. The summed E-state index contributed by atoms with van der Waals surface area (Å²) in [6.07, 6.45) is 2.79. The second-order valence-electron chi connectivity index (χ2n) is 4.31. The molecule has 21 heavy (non-hydrogen) atoms. The predicted octanol–water partition coefficient (Wildman–Crippen LogP) is 3.67. The zero-order valence-electron chi connectivity index (χ0n) is 10.5. The van der Waals surface area contributed by atoms with Gasteiger partial charge < -0.3 is 4.98 Å². The third-order valence-corrected chi connectivity index (χ3v) is 4.72. The van der Waals surface area contributed by atoms with Crippen molar-refractivity contribution in [1.29, 1.82) is 0 Å². The number of halogens is 2. The molecule has 0 unspecified atom stereocenters. The first kappa shape index (κ1) is 14.2. The molecule has 0 atom stereocenters. The lowest BCUT2D eigenvalue weighted by Gasteiger charge is -2.06. The average molecular weight is 342 g/mol. The summed E-state index contributed by atoms with van der Waals surface area (Å²) in [5, 5.41) is 1.51. The van der Waals surface area contributed by atoms with Gasteiger partial charge in [0.05, 0.1) is 5.02 Å². The van der Waals surface area contributed by atoms with Crippen LogP contribution in [0.4, 0.5) is 5.82 Å². The van der Waals surface area contributed by atoms with Crippen molar-refractivity contribution in [2.45, 2.75) is 4.90 Å². The van der Waals surface area contributed by atoms with Crippen LogP contribution in [-0.4, -0.2) is 18.4 Å². The summed E-state index contributed by atoms with van der Waals surface area (Å²) in [6, 6.07) is 8.00. The molecule has 1 aromatic carbocycles. The molecule has 3 rings (SSSR count). The summed E-state index contributed by atoms with van der Waals surface area (Å²) < 4.78 is 27.2. The third kappa shape index (κ3) is 2.83. The van der Waals surface area contributed by atoms with E-state index < -0.39 is 10.0 Å². The maximum absolute atomic E-state index is 12.4. The minimum absolute atomic E-state index is 0.130. The van der Waals surface area contributed by atoms with Gasteiger partial charge in [-0.25, -0.2) is 13.4 Å². The number of nitrogens with zero attached hydrogens (tertiary/aromatic N) is 1. The van der Waals surface area contributed by atoms with E-state index >= 15 is 0 Å². The van der Waals surface area contributed by atoms with E-state index in [4.69, 9.17) is 23.2 Å². The van der Waals surface area contributed by atoms with Crippen LogP contribution in [0.15, 0.2) is 47.6 Å². The standard InChI is InChI=1S/C13H9Cl2N3O2S/c14-8-1-3-10-11(5-8)16-7-12(10)21(19,20)18-13-4-2-9(15)6-17-13/h1-7,16H,(H,17,18). The van der Waals surface area contributed by atoms with E-state index in [-0.39, 0.29) is 10.7 Å². The maximum Gasteiger partial charge on any atom is 0.265 e. The average Bonchev–Trinajstić information content (AvgIpc) is 2.85. The van der Waals surface area contributed by atoms with Gasteiger partial charge in [0.2, 0.25) is 0 Å². The number of hydrogen-bond donors (Lipinski definition) is 2. The van der Waals surface area contributed by atoms with E-state index in [1.54, 1.807) is 24.3 Å². The van der Waals surface area contributed by atoms with Crippen molar-refractivity contribution < 1.29 is 8.42 Å². The van der Waals surface area contributed by atoms with Gasteiger partial charge in [-0.15, -0.1) is 0 Å². The number of benzene rings is 1. The normalized spacial score (nSPS) is 11.7. The van der Waals surface area contributed by atoms with E-state index in [1.165, 1.54) is 18.5 Å². The van der Waals surface area contributed by atoms with Crippen LogP contribution >= 0.6 is 23.2 Å². The van der Waals surface area contributed by atoms with Crippen LogP contribution in [0.25, 0.3) is 10.9 Å². The van der Waals surface area contributed by atoms with Gasteiger partial charge in [-0.2, -0.15) is 0 Å². The highest BCUT2D eigenvalue weighted by molar-refractivity contribution is 7.93. The fourth-order valence-electron chi connectivity index (χ4n) is 1.92. The van der Waals surface area contributed by atoms with Gasteiger partial charge in [0.15, 0.2) is 0 Å². The number of aromatic nitrogens is 2. The van der Waals surface area contributed by atoms with E-state index in [0.717, 1.165) is 0 Å². The Morgan fingerprint density at radius 2 is 1.86 bits per heavy atom. The second kappa shape index (κ2) is 5.22. The monoisotopic (exact) mass is 341 g/mol. The first-order valence-electron chi connectivity index (χ1n) is 5.87. The number of hydrogen-bond acceptors (Lipinski definition) is 3. The smallest absolute Gasteiger partial charge is 0.265 e. The van der Waals surface area contributed by atoms with E-state index in [0.29, 0.717) is 20.9 Å². The molecular formula is C13H9Cl2N3O2S. The molecule has 0 saturated heterocycles. The van der Waals surface area contributed by atoms with Gasteiger partial charge in [0, 0.05) is 28.3 Å². The van der Waals surface area contributed by atoms with Crippen molar-refractivity contribution in [2.24, 2.45) is 0 Å². The molecule has 0 amide bonds. The van der Waals surface area contributed by atoms with Crippen molar-refractivity contribution in [3.8, 4) is 0 Å². The Balaban J connectivity index is 2.02. The molecule has 108 valence electrons. The number of rotatable bonds is 3. The minimum atomic E-state index is -3.75. The van der Waals surface area contributed by atoms with Gasteiger partial charge in [-0.3, -0.25) is 4.72 Å². The fraction of sp³-hybridized carbons (Fsp3) is 0. The fourth-order valence-corrected chi connectivity index (χ4v) is 3.39. The Kier molecular flexibility index (Phi) is 3.52. The zero-order valence-corrected chi connectivity index (χ0v) is 12.8. The Hall–Kier alpha value is -1.76. The molecular weight excluding hydrogens is 333 g/mol. The first-order chi connectivity index (χ1) is 9.95. The largest absolute Gasteiger partial charge is 0.360 e. The topological polar surface area (TPSA) is 74.8 Å². The summed E-state index contributed by atoms with van der Waals surface area (Å²) >= 11 is 11.6. The molecule has 2 N–H and O–H groups in total. The van der Waals surface area contributed by atoms with Crippen LogP contribution in [0.2, 0.25) is 10.0 Å². The summed E-state index contributed by atoms with van der Waals surface area (Å²) in [6.45, 7) is 0. The van der Waals surface area contributed by atoms with Crippen LogP contribution in [-0.2, 0) is 10.0 Å². The highest BCUT2D eigenvalue weighted by atomic mass is 35.5. The highest BCUT2D eigenvalue weighted by Gasteiger charge is 2.19. The Morgan fingerprint density at radius 3 is 2.57 bits per heavy atom. The molecule has 2 aromatic heterocycles. The molecule has 0 aliphatic heterocycles. The Morgan fingerprint density at radius 1 is 1.10 bits per heavy atom. The first-order valence-corrected chi connectivity index (χ1v) is 8.11. The van der Waals surface area contributed by atoms with Crippen molar-refractivity contribution in [3.63, 3.8) is 0 Å². The van der Waals surface area contributed by atoms with Crippen LogP contribution < -0.4 is 4.72 Å². The molecule has 0 aliphatic rings. The number of anilines is 1. The van der Waals surface area contributed by atoms with Crippen molar-refractivity contribution in [2.75, 3.05) is 4.72 Å². The van der Waals surface area contributed by atoms with Gasteiger partial charge in [-0.05, 0) is 30.3 Å². The molecule has 0 radical (unpaired) electrons. The number of pyridine rings is 1. The van der Waals surface area contributed by atoms with Crippen molar-refractivity contribution in [3.05, 3.63) is 52.8 Å². The zero-order chi connectivity index (χ0) is 15.0. The van der Waals surface area contributed by atoms with Gasteiger partial charge >= 0.3 is 0 Å². The number of fused-ring (bicyclic) bond motifs is 1. The molecule has 0 bridgehead atoms. The van der Waals surface area contributed by atoms with Crippen molar-refractivity contribution >= 4 is 49.9 Å². The number of H-pyrrole nitrogens is 1. The van der Waals surface area contributed by atoms with E-state index in [9.17, 15) is 8.42 Å². The minimum Gasteiger partial charge on any atom is -0.360 e. The van der Waals surface area contributed by atoms with Crippen molar-refractivity contribution in [1.82, 2.24) is 9.97 Å². The predicted molar refractivity (Wildman–Crippen MR) is 83.4 cm³/mol. The maximum atomic E-state index is 12.4. The molecule has 0 aliphatic carbocycles. The number of nitrogens with one attached hydrogen (secondary N) is 2. The summed E-state index contributed by atoms with van der Waals surface area (Å²) in [7, 11) is -3.75. The van der Waals surface area contributed by atoms with Gasteiger partial charge in [0.25, 0.3) is 10.0 Å².